The van der Waals surface area contributed by atoms with Gasteiger partial charge in [0.25, 0.3) is 0 Å². The van der Waals surface area contributed by atoms with Crippen molar-refractivity contribution in [2.45, 2.75) is 0 Å². The second kappa shape index (κ2) is 9.32. The van der Waals surface area contributed by atoms with Gasteiger partial charge in [-0.3, -0.25) is 4.99 Å². The number of aromatic hydroxyl groups is 1. The minimum Gasteiger partial charge on any atom is -0.503 e. The van der Waals surface area contributed by atoms with Crippen LogP contribution in [0.15, 0.2) is 87.2 Å². The number of phenols is 1. The highest BCUT2D eigenvalue weighted by atomic mass is 79.9. The number of halogens is 1. The monoisotopic (exact) mass is 493 g/mol. The number of phenolic OH excluding ortho intramolecular Hbond substituents is 1. The first kappa shape index (κ1) is 21.1. The third kappa shape index (κ3) is 4.33. The summed E-state index contributed by atoms with van der Waals surface area (Å²) in [7, 11) is 1.51. The van der Waals surface area contributed by atoms with Gasteiger partial charge in [0.1, 0.15) is 0 Å². The van der Waals surface area contributed by atoms with Crippen molar-refractivity contribution < 1.29 is 9.84 Å². The quantitative estimate of drug-likeness (QED) is 0.272. The van der Waals surface area contributed by atoms with Crippen LogP contribution in [0, 0.1) is 0 Å². The summed E-state index contributed by atoms with van der Waals surface area (Å²) in [6.07, 6.45) is 3.48. The highest BCUT2D eigenvalue weighted by Gasteiger charge is 2.11. The van der Waals surface area contributed by atoms with Crippen molar-refractivity contribution in [1.29, 1.82) is 0 Å². The predicted octanol–water partition coefficient (Wildman–Crippen LogP) is 5.82. The standard InChI is InChI=1S/C24H20BrN3O2S/c1-3-11-26-24-28(27-14-16-12-20(25)23(29)22(13-16)30-2)21(15-31-24)19-10-6-8-17-7-4-5-9-18(17)19/h3-10,12-15,29H,1,11H2,2H3. The Hall–Kier alpha value is -3.16. The van der Waals surface area contributed by atoms with Gasteiger partial charge < -0.3 is 9.84 Å². The smallest absolute Gasteiger partial charge is 0.206 e. The lowest BCUT2D eigenvalue weighted by atomic mass is 10.0. The van der Waals surface area contributed by atoms with Gasteiger partial charge in [-0.1, -0.05) is 48.5 Å². The lowest BCUT2D eigenvalue weighted by molar-refractivity contribution is 0.372. The third-order valence-electron chi connectivity index (χ3n) is 4.70. The van der Waals surface area contributed by atoms with Crippen LogP contribution in [0.2, 0.25) is 0 Å². The van der Waals surface area contributed by atoms with E-state index < -0.39 is 0 Å². The van der Waals surface area contributed by atoms with E-state index in [2.05, 4.69) is 57.1 Å². The number of rotatable bonds is 6. The average molecular weight is 494 g/mol. The molecule has 7 heteroatoms. The summed E-state index contributed by atoms with van der Waals surface area (Å²) in [5, 5.41) is 19.2. The van der Waals surface area contributed by atoms with Gasteiger partial charge in [-0.2, -0.15) is 5.10 Å². The average Bonchev–Trinajstić information content (AvgIpc) is 3.20. The molecule has 0 aliphatic rings. The Bertz CT molecular complexity index is 1350. The SMILES string of the molecule is C=CCN=c1scc(-c2cccc3ccccc23)n1N=Cc1cc(Br)c(O)c(OC)c1. The van der Waals surface area contributed by atoms with E-state index in [1.165, 1.54) is 23.8 Å². The van der Waals surface area contributed by atoms with Crippen LogP contribution in [0.4, 0.5) is 0 Å². The van der Waals surface area contributed by atoms with Crippen molar-refractivity contribution in [3.8, 4) is 22.8 Å². The van der Waals surface area contributed by atoms with Crippen molar-refractivity contribution in [3.63, 3.8) is 0 Å². The van der Waals surface area contributed by atoms with Crippen LogP contribution in [0.1, 0.15) is 5.56 Å². The van der Waals surface area contributed by atoms with Gasteiger partial charge in [-0.15, -0.1) is 17.9 Å². The van der Waals surface area contributed by atoms with Gasteiger partial charge in [0.15, 0.2) is 11.5 Å². The Morgan fingerprint density at radius 1 is 1.19 bits per heavy atom. The first-order chi connectivity index (χ1) is 15.1. The summed E-state index contributed by atoms with van der Waals surface area (Å²) in [6, 6.07) is 18.0. The first-order valence-corrected chi connectivity index (χ1v) is 11.2. The summed E-state index contributed by atoms with van der Waals surface area (Å²) in [5.41, 5.74) is 2.81. The molecule has 0 saturated heterocycles. The van der Waals surface area contributed by atoms with E-state index in [0.29, 0.717) is 16.8 Å². The normalized spacial score (nSPS) is 12.0. The van der Waals surface area contributed by atoms with Gasteiger partial charge in [0, 0.05) is 10.9 Å². The van der Waals surface area contributed by atoms with Crippen LogP contribution in [-0.2, 0) is 0 Å². The van der Waals surface area contributed by atoms with E-state index in [9.17, 15) is 5.11 Å². The van der Waals surface area contributed by atoms with Gasteiger partial charge in [-0.05, 0) is 44.4 Å². The molecule has 1 heterocycles. The number of hydrogen-bond acceptors (Lipinski definition) is 5. The van der Waals surface area contributed by atoms with Crippen molar-refractivity contribution in [3.05, 3.63) is 87.5 Å². The molecule has 0 spiro atoms. The fourth-order valence-electron chi connectivity index (χ4n) is 3.24. The summed E-state index contributed by atoms with van der Waals surface area (Å²) < 4.78 is 7.62. The molecule has 0 aliphatic carbocycles. The zero-order valence-electron chi connectivity index (χ0n) is 16.8. The number of ether oxygens (including phenoxy) is 1. The second-order valence-corrected chi connectivity index (χ2v) is 8.36. The number of benzene rings is 3. The highest BCUT2D eigenvalue weighted by Crippen LogP contribution is 2.35. The first-order valence-electron chi connectivity index (χ1n) is 9.53. The Morgan fingerprint density at radius 3 is 2.81 bits per heavy atom. The van der Waals surface area contributed by atoms with Crippen molar-refractivity contribution in [2.24, 2.45) is 10.1 Å². The molecule has 4 rings (SSSR count). The molecule has 0 atom stereocenters. The molecule has 5 nitrogen and oxygen atoms in total. The van der Waals surface area contributed by atoms with E-state index >= 15 is 0 Å². The molecule has 0 unspecified atom stereocenters. The molecule has 0 radical (unpaired) electrons. The Labute approximate surface area is 192 Å². The third-order valence-corrected chi connectivity index (χ3v) is 6.16. The van der Waals surface area contributed by atoms with Crippen molar-refractivity contribution in [2.75, 3.05) is 13.7 Å². The molecule has 31 heavy (non-hydrogen) atoms. The minimum atomic E-state index is 0.0564. The van der Waals surface area contributed by atoms with E-state index in [-0.39, 0.29) is 5.75 Å². The minimum absolute atomic E-state index is 0.0564. The van der Waals surface area contributed by atoms with Crippen LogP contribution >= 0.6 is 27.3 Å². The molecule has 0 bridgehead atoms. The predicted molar refractivity (Wildman–Crippen MR) is 131 cm³/mol. The van der Waals surface area contributed by atoms with Gasteiger partial charge in [0.05, 0.1) is 30.0 Å². The molecule has 0 amide bonds. The molecule has 3 aromatic carbocycles. The van der Waals surface area contributed by atoms with Gasteiger partial charge in [0.2, 0.25) is 4.80 Å². The fourth-order valence-corrected chi connectivity index (χ4v) is 4.54. The van der Waals surface area contributed by atoms with Crippen molar-refractivity contribution in [1.82, 2.24) is 4.68 Å². The summed E-state index contributed by atoms with van der Waals surface area (Å²) >= 11 is 4.89. The maximum Gasteiger partial charge on any atom is 0.206 e. The number of thiazole rings is 1. The van der Waals surface area contributed by atoms with Crippen LogP contribution in [-0.4, -0.2) is 29.7 Å². The van der Waals surface area contributed by atoms with E-state index in [1.54, 1.807) is 24.4 Å². The van der Waals surface area contributed by atoms with E-state index in [4.69, 9.17) is 9.84 Å². The Morgan fingerprint density at radius 2 is 2.00 bits per heavy atom. The van der Waals surface area contributed by atoms with Crippen LogP contribution in [0.25, 0.3) is 22.0 Å². The Balaban J connectivity index is 1.87. The number of fused-ring (bicyclic) bond motifs is 1. The molecule has 156 valence electrons. The molecule has 1 N–H and O–H groups in total. The molecule has 0 fully saturated rings. The molecular weight excluding hydrogens is 474 g/mol. The van der Waals surface area contributed by atoms with Crippen molar-refractivity contribution >= 4 is 44.3 Å². The topological polar surface area (TPSA) is 59.1 Å². The summed E-state index contributed by atoms with van der Waals surface area (Å²) in [6.45, 7) is 4.27. The number of aromatic nitrogens is 1. The van der Waals surface area contributed by atoms with Gasteiger partial charge in [-0.25, -0.2) is 4.68 Å². The largest absolute Gasteiger partial charge is 0.503 e. The molecule has 0 aliphatic heterocycles. The second-order valence-electron chi connectivity index (χ2n) is 6.67. The number of methoxy groups -OCH3 is 1. The Kier molecular flexibility index (Phi) is 6.34. The number of nitrogens with zero attached hydrogens (tertiary/aromatic N) is 3. The van der Waals surface area contributed by atoms with Crippen LogP contribution in [0.5, 0.6) is 11.5 Å². The molecule has 0 saturated carbocycles. The highest BCUT2D eigenvalue weighted by molar-refractivity contribution is 9.10. The van der Waals surface area contributed by atoms with Crippen LogP contribution < -0.4 is 9.54 Å². The van der Waals surface area contributed by atoms with Crippen LogP contribution in [0.3, 0.4) is 0 Å². The summed E-state index contributed by atoms with van der Waals surface area (Å²) in [4.78, 5) is 5.37. The lowest BCUT2D eigenvalue weighted by Gasteiger charge is -2.08. The zero-order chi connectivity index (χ0) is 21.8. The molecule has 1 aromatic heterocycles. The molecule has 4 aromatic rings. The zero-order valence-corrected chi connectivity index (χ0v) is 19.2. The fraction of sp³-hybridized carbons (Fsp3) is 0.0833. The molecular formula is C24H20BrN3O2S. The van der Waals surface area contributed by atoms with E-state index in [0.717, 1.165) is 27.0 Å². The van der Waals surface area contributed by atoms with Gasteiger partial charge >= 0.3 is 0 Å². The maximum atomic E-state index is 10.1. The van der Waals surface area contributed by atoms with E-state index in [1.807, 2.05) is 22.9 Å². The maximum absolute atomic E-state index is 10.1. The number of hydrogen-bond donors (Lipinski definition) is 1. The lowest BCUT2D eigenvalue weighted by Crippen LogP contribution is -2.12. The summed E-state index contributed by atoms with van der Waals surface area (Å²) in [5.74, 6) is 0.429.